The fraction of sp³-hybridized carbons (Fsp3) is 0.400. The van der Waals surface area contributed by atoms with E-state index in [4.69, 9.17) is 4.74 Å². The number of H-pyrrole nitrogens is 1. The van der Waals surface area contributed by atoms with E-state index in [0.717, 1.165) is 10.9 Å². The van der Waals surface area contributed by atoms with Crippen molar-refractivity contribution in [2.75, 3.05) is 13.1 Å². The highest BCUT2D eigenvalue weighted by Gasteiger charge is 2.41. The van der Waals surface area contributed by atoms with Crippen LogP contribution >= 0.6 is 0 Å². The summed E-state index contributed by atoms with van der Waals surface area (Å²) in [5.74, 6) is -0.731. The molecule has 0 aliphatic carbocycles. The second-order valence-corrected chi connectivity index (χ2v) is 6.13. The zero-order valence-electron chi connectivity index (χ0n) is 14.1. The van der Waals surface area contributed by atoms with Gasteiger partial charge >= 0.3 is 12.2 Å². The van der Waals surface area contributed by atoms with Crippen molar-refractivity contribution in [1.82, 2.24) is 34.6 Å². The highest BCUT2D eigenvalue weighted by atomic mass is 19.4. The quantitative estimate of drug-likeness (QED) is 0.736. The van der Waals surface area contributed by atoms with Crippen LogP contribution in [-0.4, -0.2) is 59.7 Å². The highest BCUT2D eigenvalue weighted by molar-refractivity contribution is 5.95. The first-order chi connectivity index (χ1) is 12.8. The second-order valence-electron chi connectivity index (χ2n) is 6.13. The van der Waals surface area contributed by atoms with E-state index in [1.807, 2.05) is 0 Å². The molecule has 0 bridgehead atoms. The second kappa shape index (κ2) is 6.21. The normalized spacial score (nSPS) is 17.6. The molecule has 0 aromatic carbocycles. The summed E-state index contributed by atoms with van der Waals surface area (Å²) in [6.45, 7) is 0.396. The number of rotatable bonds is 3. The molecule has 0 saturated carbocycles. The Kier molecular flexibility index (Phi) is 3.97. The summed E-state index contributed by atoms with van der Waals surface area (Å²) >= 11 is 0. The van der Waals surface area contributed by atoms with Gasteiger partial charge in [-0.2, -0.15) is 23.3 Å². The number of nitrogens with one attached hydrogen (secondary N) is 1. The molecule has 12 heteroatoms. The molecule has 4 rings (SSSR count). The molecule has 142 valence electrons. The molecule has 1 saturated heterocycles. The molecule has 0 spiro atoms. The summed E-state index contributed by atoms with van der Waals surface area (Å²) in [6.07, 6.45) is -0.590. The molecule has 27 heavy (non-hydrogen) atoms. The van der Waals surface area contributed by atoms with E-state index >= 15 is 0 Å². The predicted molar refractivity (Wildman–Crippen MR) is 84.8 cm³/mol. The van der Waals surface area contributed by atoms with E-state index in [2.05, 4.69) is 25.0 Å². The number of carbonyl (C=O) groups is 1. The van der Waals surface area contributed by atoms with Crippen molar-refractivity contribution < 1.29 is 22.7 Å². The van der Waals surface area contributed by atoms with Crippen molar-refractivity contribution in [2.45, 2.75) is 18.7 Å². The van der Waals surface area contributed by atoms with Gasteiger partial charge in [0.05, 0.1) is 24.6 Å². The van der Waals surface area contributed by atoms with Crippen LogP contribution in [0.15, 0.2) is 18.7 Å². The van der Waals surface area contributed by atoms with Crippen LogP contribution in [0.3, 0.4) is 0 Å². The van der Waals surface area contributed by atoms with Crippen LogP contribution in [0.5, 0.6) is 6.01 Å². The topological polar surface area (TPSA) is 102 Å². The van der Waals surface area contributed by atoms with Crippen LogP contribution in [0.1, 0.15) is 22.5 Å². The number of alkyl halides is 3. The van der Waals surface area contributed by atoms with Crippen molar-refractivity contribution in [3.8, 4) is 6.01 Å². The van der Waals surface area contributed by atoms with Crippen LogP contribution in [0.4, 0.5) is 13.2 Å². The Labute approximate surface area is 150 Å². The zero-order valence-corrected chi connectivity index (χ0v) is 14.1. The number of carbonyl (C=O) groups excluding carboxylic acids is 1. The van der Waals surface area contributed by atoms with Crippen LogP contribution in [-0.2, 0) is 13.2 Å². The molecule has 3 aromatic heterocycles. The monoisotopic (exact) mass is 381 g/mol. The number of aromatic nitrogens is 6. The van der Waals surface area contributed by atoms with E-state index in [0.29, 0.717) is 17.6 Å². The average Bonchev–Trinajstić information content (AvgIpc) is 3.32. The van der Waals surface area contributed by atoms with Crippen molar-refractivity contribution in [3.05, 3.63) is 30.0 Å². The molecular weight excluding hydrogens is 367 g/mol. The molecule has 3 aromatic rings. The molecule has 1 unspecified atom stereocenters. The number of hydrogen-bond donors (Lipinski definition) is 1. The Morgan fingerprint density at radius 2 is 2.19 bits per heavy atom. The summed E-state index contributed by atoms with van der Waals surface area (Å²) < 4.78 is 45.9. The van der Waals surface area contributed by atoms with Gasteiger partial charge in [0.2, 0.25) is 0 Å². The van der Waals surface area contributed by atoms with Gasteiger partial charge in [0.15, 0.2) is 11.3 Å². The zero-order chi connectivity index (χ0) is 19.2. The van der Waals surface area contributed by atoms with Gasteiger partial charge < -0.3 is 14.6 Å². The SMILES string of the molecule is Cn1cc(C(=O)N2CCC(Oc3ncc4[nH]cnc4n3)C2)c(C(F)(F)F)n1. The van der Waals surface area contributed by atoms with E-state index in [9.17, 15) is 18.0 Å². The lowest BCUT2D eigenvalue weighted by Gasteiger charge is -2.17. The van der Waals surface area contributed by atoms with Gasteiger partial charge in [0.25, 0.3) is 5.91 Å². The minimum atomic E-state index is -4.70. The molecule has 1 aliphatic heterocycles. The van der Waals surface area contributed by atoms with Gasteiger partial charge in [0.1, 0.15) is 11.6 Å². The molecule has 1 fully saturated rings. The minimum Gasteiger partial charge on any atom is -0.458 e. The first-order valence-electron chi connectivity index (χ1n) is 8.04. The third kappa shape index (κ3) is 3.29. The summed E-state index contributed by atoms with van der Waals surface area (Å²) in [4.78, 5) is 28.9. The maximum Gasteiger partial charge on any atom is 0.435 e. The molecule has 1 aliphatic rings. The van der Waals surface area contributed by atoms with Crippen LogP contribution < -0.4 is 4.74 Å². The fourth-order valence-electron chi connectivity index (χ4n) is 2.96. The Bertz CT molecular complexity index is 997. The van der Waals surface area contributed by atoms with Gasteiger partial charge in [-0.05, 0) is 0 Å². The first-order valence-corrected chi connectivity index (χ1v) is 8.04. The predicted octanol–water partition coefficient (Wildman–Crippen LogP) is 1.40. The van der Waals surface area contributed by atoms with Gasteiger partial charge in [0, 0.05) is 26.2 Å². The number of amides is 1. The minimum absolute atomic E-state index is 0.103. The maximum atomic E-state index is 13.1. The number of aromatic amines is 1. The summed E-state index contributed by atoms with van der Waals surface area (Å²) in [5.41, 5.74) is -0.565. The van der Waals surface area contributed by atoms with E-state index in [1.54, 1.807) is 0 Å². The molecule has 1 amide bonds. The lowest BCUT2D eigenvalue weighted by atomic mass is 10.2. The Hall–Kier alpha value is -3.18. The Morgan fingerprint density at radius 3 is 2.96 bits per heavy atom. The molecule has 4 heterocycles. The molecule has 9 nitrogen and oxygen atoms in total. The van der Waals surface area contributed by atoms with Gasteiger partial charge in [-0.3, -0.25) is 9.48 Å². The number of halogens is 3. The van der Waals surface area contributed by atoms with Crippen molar-refractivity contribution in [3.63, 3.8) is 0 Å². The molecular formula is C15H14F3N7O2. The first kappa shape index (κ1) is 17.2. The summed E-state index contributed by atoms with van der Waals surface area (Å²) in [6, 6.07) is 0.103. The number of ether oxygens (including phenoxy) is 1. The average molecular weight is 381 g/mol. The Balaban J connectivity index is 1.47. The molecule has 1 N–H and O–H groups in total. The lowest BCUT2D eigenvalue weighted by Crippen LogP contribution is -2.32. The van der Waals surface area contributed by atoms with Crippen LogP contribution in [0, 0.1) is 0 Å². The molecule has 1 atom stereocenters. The van der Waals surface area contributed by atoms with Crippen LogP contribution in [0.25, 0.3) is 11.2 Å². The van der Waals surface area contributed by atoms with Gasteiger partial charge in [-0.15, -0.1) is 0 Å². The summed E-state index contributed by atoms with van der Waals surface area (Å²) in [7, 11) is 1.34. The van der Waals surface area contributed by atoms with Crippen molar-refractivity contribution in [2.24, 2.45) is 7.05 Å². The lowest BCUT2D eigenvalue weighted by molar-refractivity contribution is -0.141. The van der Waals surface area contributed by atoms with Gasteiger partial charge in [-0.25, -0.2) is 9.97 Å². The van der Waals surface area contributed by atoms with Crippen molar-refractivity contribution in [1.29, 1.82) is 0 Å². The highest BCUT2D eigenvalue weighted by Crippen LogP contribution is 2.31. The molecule has 0 radical (unpaired) electrons. The fourth-order valence-corrected chi connectivity index (χ4v) is 2.96. The summed E-state index contributed by atoms with van der Waals surface area (Å²) in [5, 5.41) is 3.37. The standard InChI is InChI=1S/C15H14F3N7O2/c1-24-6-9(11(23-24)15(16,17)18)13(26)25-3-2-8(5-25)27-14-19-4-10-12(22-14)21-7-20-10/h4,6-8H,2-3,5H2,1H3,(H,19,20,21,22). The van der Waals surface area contributed by atoms with Crippen molar-refractivity contribution >= 4 is 17.1 Å². The number of likely N-dealkylation sites (tertiary alicyclic amines) is 1. The number of fused-ring (bicyclic) bond motifs is 1. The third-order valence-corrected chi connectivity index (χ3v) is 4.19. The van der Waals surface area contributed by atoms with E-state index in [-0.39, 0.29) is 19.1 Å². The Morgan fingerprint density at radius 1 is 1.37 bits per heavy atom. The van der Waals surface area contributed by atoms with Gasteiger partial charge in [-0.1, -0.05) is 0 Å². The van der Waals surface area contributed by atoms with Crippen LogP contribution in [0.2, 0.25) is 0 Å². The van der Waals surface area contributed by atoms with E-state index < -0.39 is 29.4 Å². The number of imidazole rings is 1. The number of hydrogen-bond acceptors (Lipinski definition) is 6. The third-order valence-electron chi connectivity index (χ3n) is 4.19. The largest absolute Gasteiger partial charge is 0.458 e. The maximum absolute atomic E-state index is 13.1. The van der Waals surface area contributed by atoms with E-state index in [1.165, 1.54) is 24.5 Å². The number of nitrogens with zero attached hydrogens (tertiary/aromatic N) is 6. The number of aryl methyl sites for hydroxylation is 1. The smallest absolute Gasteiger partial charge is 0.435 e.